The fourth-order valence-corrected chi connectivity index (χ4v) is 2.76. The number of carbonyl (C=O) groups excluding carboxylic acids is 4. The van der Waals surface area contributed by atoms with Crippen molar-refractivity contribution in [2.45, 2.75) is 50.0 Å². The zero-order valence-electron chi connectivity index (χ0n) is 17.9. The summed E-state index contributed by atoms with van der Waals surface area (Å²) in [5, 5.41) is 35.0. The van der Waals surface area contributed by atoms with Crippen LogP contribution in [0.1, 0.15) is 18.9 Å². The molecule has 10 N–H and O–H groups in total. The minimum Gasteiger partial charge on any atom is -0.480 e. The molecular weight excluding hydrogens is 438 g/mol. The SMILES string of the molecule is CC(O)C(NC(=O)C(Cc1ccccc1)NC(=O)C(CO)NC(=O)C(N)CC(N)=O)C(=O)O. The molecule has 1 rings (SSSR count). The van der Waals surface area contributed by atoms with Crippen molar-refractivity contribution in [3.63, 3.8) is 0 Å². The van der Waals surface area contributed by atoms with Crippen molar-refractivity contribution in [2.75, 3.05) is 6.61 Å². The zero-order chi connectivity index (χ0) is 25.1. The predicted octanol–water partition coefficient (Wildman–Crippen LogP) is -3.66. The second-order valence-corrected chi connectivity index (χ2v) is 7.34. The minimum absolute atomic E-state index is 0.0577. The Morgan fingerprint density at radius 3 is 1.97 bits per heavy atom. The molecule has 182 valence electrons. The Morgan fingerprint density at radius 1 is 0.939 bits per heavy atom. The number of aliphatic hydroxyl groups is 2. The van der Waals surface area contributed by atoms with E-state index in [4.69, 9.17) is 11.5 Å². The van der Waals surface area contributed by atoms with Crippen molar-refractivity contribution in [3.05, 3.63) is 35.9 Å². The van der Waals surface area contributed by atoms with E-state index in [9.17, 15) is 39.3 Å². The maximum atomic E-state index is 12.7. The fraction of sp³-hybridized carbons (Fsp3) is 0.450. The Balaban J connectivity index is 3.01. The number of benzene rings is 1. The Bertz CT molecular complexity index is 848. The number of carboxylic acid groups (broad SMARTS) is 1. The molecule has 0 aliphatic heterocycles. The normalized spacial score (nSPS) is 15.3. The number of carboxylic acids is 1. The van der Waals surface area contributed by atoms with E-state index in [2.05, 4.69) is 16.0 Å². The maximum Gasteiger partial charge on any atom is 0.328 e. The summed E-state index contributed by atoms with van der Waals surface area (Å²) in [5.74, 6) is -5.11. The first-order valence-corrected chi connectivity index (χ1v) is 9.96. The highest BCUT2D eigenvalue weighted by Crippen LogP contribution is 2.05. The summed E-state index contributed by atoms with van der Waals surface area (Å²) < 4.78 is 0. The van der Waals surface area contributed by atoms with Crippen molar-refractivity contribution in [1.82, 2.24) is 16.0 Å². The third-order valence-corrected chi connectivity index (χ3v) is 4.54. The first-order chi connectivity index (χ1) is 15.5. The Morgan fingerprint density at radius 2 is 1.48 bits per heavy atom. The molecule has 13 heteroatoms. The number of primary amides is 1. The lowest BCUT2D eigenvalue weighted by Crippen LogP contribution is -2.59. The molecule has 1 aromatic carbocycles. The number of amides is 4. The van der Waals surface area contributed by atoms with Gasteiger partial charge in [-0.2, -0.15) is 0 Å². The van der Waals surface area contributed by atoms with Gasteiger partial charge in [0.1, 0.15) is 12.1 Å². The average molecular weight is 467 g/mol. The van der Waals surface area contributed by atoms with E-state index in [1.54, 1.807) is 30.3 Å². The summed E-state index contributed by atoms with van der Waals surface area (Å²) in [5.41, 5.74) is 11.1. The number of nitrogens with two attached hydrogens (primary N) is 2. The molecule has 0 heterocycles. The van der Waals surface area contributed by atoms with Crippen molar-refractivity contribution in [2.24, 2.45) is 11.5 Å². The molecule has 13 nitrogen and oxygen atoms in total. The molecule has 0 saturated heterocycles. The van der Waals surface area contributed by atoms with Gasteiger partial charge in [-0.1, -0.05) is 30.3 Å². The summed E-state index contributed by atoms with van der Waals surface area (Å²) in [6.45, 7) is 0.322. The van der Waals surface area contributed by atoms with Gasteiger partial charge in [0.25, 0.3) is 0 Å². The lowest BCUT2D eigenvalue weighted by Gasteiger charge is -2.25. The van der Waals surface area contributed by atoms with Gasteiger partial charge < -0.3 is 42.7 Å². The first-order valence-electron chi connectivity index (χ1n) is 9.96. The van der Waals surface area contributed by atoms with Gasteiger partial charge in [0.05, 0.1) is 25.2 Å². The van der Waals surface area contributed by atoms with Crippen LogP contribution < -0.4 is 27.4 Å². The second-order valence-electron chi connectivity index (χ2n) is 7.34. The molecule has 0 aliphatic carbocycles. The Labute approximate surface area is 189 Å². The van der Waals surface area contributed by atoms with Crippen LogP contribution in [0, 0.1) is 0 Å². The molecule has 0 radical (unpaired) electrons. The van der Waals surface area contributed by atoms with Crippen LogP contribution >= 0.6 is 0 Å². The maximum absolute atomic E-state index is 12.7. The number of rotatable bonds is 13. The van der Waals surface area contributed by atoms with Crippen LogP contribution in [0.15, 0.2) is 30.3 Å². The van der Waals surface area contributed by atoms with Crippen molar-refractivity contribution >= 4 is 29.6 Å². The van der Waals surface area contributed by atoms with E-state index in [1.165, 1.54) is 6.92 Å². The molecule has 0 saturated carbocycles. The molecule has 0 fully saturated rings. The third kappa shape index (κ3) is 9.22. The van der Waals surface area contributed by atoms with Crippen molar-refractivity contribution in [3.8, 4) is 0 Å². The van der Waals surface area contributed by atoms with Crippen LogP contribution in [0.5, 0.6) is 0 Å². The van der Waals surface area contributed by atoms with Crippen LogP contribution in [0.3, 0.4) is 0 Å². The second kappa shape index (κ2) is 13.1. The highest BCUT2D eigenvalue weighted by molar-refractivity contribution is 5.95. The summed E-state index contributed by atoms with van der Waals surface area (Å²) in [4.78, 5) is 59.7. The van der Waals surface area contributed by atoms with Gasteiger partial charge in [0, 0.05) is 6.42 Å². The molecule has 5 atom stereocenters. The Kier molecular flexibility index (Phi) is 10.9. The summed E-state index contributed by atoms with van der Waals surface area (Å²) in [6.07, 6.45) is -1.96. The summed E-state index contributed by atoms with van der Waals surface area (Å²) in [7, 11) is 0. The van der Waals surface area contributed by atoms with Crippen LogP contribution in [-0.2, 0) is 30.4 Å². The molecule has 1 aromatic rings. The van der Waals surface area contributed by atoms with Gasteiger partial charge in [-0.3, -0.25) is 19.2 Å². The summed E-state index contributed by atoms with van der Waals surface area (Å²) in [6, 6.07) is 2.65. The van der Waals surface area contributed by atoms with Crippen LogP contribution in [0.25, 0.3) is 0 Å². The van der Waals surface area contributed by atoms with Gasteiger partial charge in [-0.25, -0.2) is 4.79 Å². The fourth-order valence-electron chi connectivity index (χ4n) is 2.76. The van der Waals surface area contributed by atoms with Gasteiger partial charge in [0.2, 0.25) is 23.6 Å². The highest BCUT2D eigenvalue weighted by Gasteiger charge is 2.32. The van der Waals surface area contributed by atoms with Gasteiger partial charge in [-0.15, -0.1) is 0 Å². The molecule has 5 unspecified atom stereocenters. The molecule has 4 amide bonds. The predicted molar refractivity (Wildman–Crippen MR) is 114 cm³/mol. The summed E-state index contributed by atoms with van der Waals surface area (Å²) >= 11 is 0. The topological polar surface area (TPSA) is 234 Å². The molecule has 33 heavy (non-hydrogen) atoms. The smallest absolute Gasteiger partial charge is 0.328 e. The van der Waals surface area contributed by atoms with Gasteiger partial charge in [0.15, 0.2) is 6.04 Å². The first kappa shape index (κ1) is 27.5. The van der Waals surface area contributed by atoms with Crippen LogP contribution in [0.4, 0.5) is 0 Å². The standard InChI is InChI=1S/C20H29N5O8/c1-10(27)16(20(32)33)25-18(30)13(7-11-5-3-2-4-6-11)23-19(31)14(9-26)24-17(29)12(21)8-15(22)28/h2-6,10,12-14,16,26-27H,7-9,21H2,1H3,(H2,22,28)(H,23,31)(H,24,29)(H,25,30)(H,32,33). The minimum atomic E-state index is -1.63. The molecule has 0 aliphatic rings. The number of aliphatic carboxylic acids is 1. The highest BCUT2D eigenvalue weighted by atomic mass is 16.4. The monoisotopic (exact) mass is 467 g/mol. The van der Waals surface area contributed by atoms with E-state index in [1.807, 2.05) is 0 Å². The zero-order valence-corrected chi connectivity index (χ0v) is 17.9. The third-order valence-electron chi connectivity index (χ3n) is 4.54. The van der Waals surface area contributed by atoms with E-state index in [0.29, 0.717) is 5.56 Å². The Hall–Kier alpha value is -3.55. The molecule has 0 bridgehead atoms. The van der Waals surface area contributed by atoms with E-state index < -0.39 is 72.9 Å². The van der Waals surface area contributed by atoms with Crippen LogP contribution in [0.2, 0.25) is 0 Å². The number of hydrogen-bond acceptors (Lipinski definition) is 8. The number of hydrogen-bond donors (Lipinski definition) is 8. The van der Waals surface area contributed by atoms with Crippen molar-refractivity contribution < 1.29 is 39.3 Å². The van der Waals surface area contributed by atoms with E-state index in [-0.39, 0.29) is 6.42 Å². The van der Waals surface area contributed by atoms with Crippen molar-refractivity contribution in [1.29, 1.82) is 0 Å². The number of carbonyl (C=O) groups is 5. The molecular formula is C20H29N5O8. The lowest BCUT2D eigenvalue weighted by molar-refractivity contribution is -0.145. The number of nitrogens with one attached hydrogen (secondary N) is 3. The van der Waals surface area contributed by atoms with Crippen LogP contribution in [-0.4, -0.2) is 81.8 Å². The lowest BCUT2D eigenvalue weighted by atomic mass is 10.0. The largest absolute Gasteiger partial charge is 0.480 e. The van der Waals surface area contributed by atoms with E-state index in [0.717, 1.165) is 0 Å². The molecule has 0 aromatic heterocycles. The molecule has 0 spiro atoms. The average Bonchev–Trinajstić information content (AvgIpc) is 2.74. The van der Waals surface area contributed by atoms with Gasteiger partial charge >= 0.3 is 5.97 Å². The van der Waals surface area contributed by atoms with E-state index >= 15 is 0 Å². The van der Waals surface area contributed by atoms with Gasteiger partial charge in [-0.05, 0) is 12.5 Å². The quantitative estimate of drug-likeness (QED) is 0.142. The number of aliphatic hydroxyl groups excluding tert-OH is 2.